The molecule has 2 N–H and O–H groups in total. The highest BCUT2D eigenvalue weighted by Crippen LogP contribution is 2.18. The molecule has 0 bridgehead atoms. The van der Waals surface area contributed by atoms with Gasteiger partial charge in [-0.15, -0.1) is 0 Å². The Morgan fingerprint density at radius 3 is 2.52 bits per heavy atom. The van der Waals surface area contributed by atoms with Crippen LogP contribution in [0.15, 0.2) is 28.7 Å². The van der Waals surface area contributed by atoms with Gasteiger partial charge in [0.05, 0.1) is 5.56 Å². The van der Waals surface area contributed by atoms with Crippen LogP contribution in [0, 0.1) is 0 Å². The molecule has 0 radical (unpaired) electrons. The second-order valence-electron chi connectivity index (χ2n) is 6.48. The number of hydrogen-bond acceptors (Lipinski definition) is 3. The molecule has 25 heavy (non-hydrogen) atoms. The molecule has 0 spiro atoms. The van der Waals surface area contributed by atoms with E-state index in [0.29, 0.717) is 12.0 Å². The van der Waals surface area contributed by atoms with Crippen molar-refractivity contribution in [3.63, 3.8) is 0 Å². The Kier molecular flexibility index (Phi) is 8.82. The van der Waals surface area contributed by atoms with E-state index in [0.717, 1.165) is 23.1 Å². The molecular weight excluding hydrogens is 400 g/mol. The maximum atomic E-state index is 12.7. The summed E-state index contributed by atoms with van der Waals surface area (Å²) in [5.74, 6) is 0.565. The average Bonchev–Trinajstić information content (AvgIpc) is 2.87. The van der Waals surface area contributed by atoms with Crippen LogP contribution >= 0.6 is 27.7 Å². The maximum Gasteiger partial charge on any atom is 0.253 e. The number of nitrogens with one attached hydrogen (secondary N) is 2. The van der Waals surface area contributed by atoms with Gasteiger partial charge in [0.2, 0.25) is 5.91 Å². The zero-order valence-corrected chi connectivity index (χ0v) is 17.1. The quantitative estimate of drug-likeness (QED) is 0.643. The van der Waals surface area contributed by atoms with Crippen LogP contribution < -0.4 is 10.6 Å². The SMILES string of the molecule is CSCCC(NC(=O)c1ccccc1Br)C(=O)NC1CCCCCC1. The Hall–Kier alpha value is -1.01. The third kappa shape index (κ3) is 6.66. The smallest absolute Gasteiger partial charge is 0.253 e. The Balaban J connectivity index is 2.00. The van der Waals surface area contributed by atoms with Crippen LogP contribution in [0.25, 0.3) is 0 Å². The summed E-state index contributed by atoms with van der Waals surface area (Å²) >= 11 is 5.08. The summed E-state index contributed by atoms with van der Waals surface area (Å²) in [4.78, 5) is 25.3. The van der Waals surface area contributed by atoms with Gasteiger partial charge in [0.25, 0.3) is 5.91 Å². The molecule has 138 valence electrons. The monoisotopic (exact) mass is 426 g/mol. The second kappa shape index (κ2) is 10.9. The molecule has 2 rings (SSSR count). The van der Waals surface area contributed by atoms with Gasteiger partial charge in [-0.25, -0.2) is 0 Å². The Morgan fingerprint density at radius 2 is 1.88 bits per heavy atom. The van der Waals surface area contributed by atoms with Crippen LogP contribution in [0.2, 0.25) is 0 Å². The number of rotatable bonds is 7. The number of carbonyl (C=O) groups is 2. The topological polar surface area (TPSA) is 58.2 Å². The van der Waals surface area contributed by atoms with Crippen molar-refractivity contribution >= 4 is 39.5 Å². The number of halogens is 1. The van der Waals surface area contributed by atoms with E-state index < -0.39 is 6.04 Å². The van der Waals surface area contributed by atoms with E-state index in [1.54, 1.807) is 17.8 Å². The third-order valence-corrected chi connectivity index (χ3v) is 5.89. The molecule has 0 aliphatic heterocycles. The van der Waals surface area contributed by atoms with E-state index in [1.165, 1.54) is 25.7 Å². The van der Waals surface area contributed by atoms with Crippen LogP contribution in [0.5, 0.6) is 0 Å². The largest absolute Gasteiger partial charge is 0.352 e. The van der Waals surface area contributed by atoms with Gasteiger partial charge in [-0.3, -0.25) is 9.59 Å². The Bertz CT molecular complexity index is 574. The first-order chi connectivity index (χ1) is 12.1. The summed E-state index contributed by atoms with van der Waals surface area (Å²) in [5.41, 5.74) is 0.555. The van der Waals surface area contributed by atoms with Gasteiger partial charge in [-0.1, -0.05) is 37.8 Å². The first-order valence-electron chi connectivity index (χ1n) is 8.96. The zero-order valence-electron chi connectivity index (χ0n) is 14.7. The highest BCUT2D eigenvalue weighted by atomic mass is 79.9. The van der Waals surface area contributed by atoms with Crippen molar-refractivity contribution in [1.82, 2.24) is 10.6 Å². The van der Waals surface area contributed by atoms with Crippen molar-refractivity contribution < 1.29 is 9.59 Å². The summed E-state index contributed by atoms with van der Waals surface area (Å²) in [6.45, 7) is 0. The summed E-state index contributed by atoms with van der Waals surface area (Å²) in [5, 5.41) is 6.08. The fourth-order valence-corrected chi connectivity index (χ4v) is 4.05. The average molecular weight is 427 g/mol. The fourth-order valence-electron chi connectivity index (χ4n) is 3.11. The first-order valence-corrected chi connectivity index (χ1v) is 11.1. The molecule has 1 saturated carbocycles. The zero-order chi connectivity index (χ0) is 18.1. The van der Waals surface area contributed by atoms with Crippen LogP contribution in [0.3, 0.4) is 0 Å². The van der Waals surface area contributed by atoms with Crippen molar-refractivity contribution in [2.75, 3.05) is 12.0 Å². The molecule has 4 nitrogen and oxygen atoms in total. The Morgan fingerprint density at radius 1 is 1.20 bits per heavy atom. The highest BCUT2D eigenvalue weighted by Gasteiger charge is 2.24. The molecule has 1 aliphatic rings. The third-order valence-electron chi connectivity index (χ3n) is 4.55. The lowest BCUT2D eigenvalue weighted by atomic mass is 10.1. The van der Waals surface area contributed by atoms with Gasteiger partial charge in [0.15, 0.2) is 0 Å². The van der Waals surface area contributed by atoms with Crippen LogP contribution in [-0.2, 0) is 4.79 Å². The molecule has 1 unspecified atom stereocenters. The first kappa shape index (κ1) is 20.3. The molecule has 1 aromatic carbocycles. The molecule has 1 atom stereocenters. The van der Waals surface area contributed by atoms with E-state index in [-0.39, 0.29) is 17.9 Å². The van der Waals surface area contributed by atoms with Crippen molar-refractivity contribution in [3.8, 4) is 0 Å². The van der Waals surface area contributed by atoms with E-state index in [9.17, 15) is 9.59 Å². The second-order valence-corrected chi connectivity index (χ2v) is 8.32. The van der Waals surface area contributed by atoms with Crippen molar-refractivity contribution in [3.05, 3.63) is 34.3 Å². The van der Waals surface area contributed by atoms with Gasteiger partial charge in [0.1, 0.15) is 6.04 Å². The minimum absolute atomic E-state index is 0.0543. The molecular formula is C19H27BrN2O2S. The number of benzene rings is 1. The predicted molar refractivity (Wildman–Crippen MR) is 108 cm³/mol. The van der Waals surface area contributed by atoms with Crippen LogP contribution in [0.1, 0.15) is 55.3 Å². The number of hydrogen-bond donors (Lipinski definition) is 2. The Labute approximate surface area is 163 Å². The molecule has 0 heterocycles. The molecule has 1 aliphatic carbocycles. The molecule has 1 aromatic rings. The van der Waals surface area contributed by atoms with E-state index in [1.807, 2.05) is 24.5 Å². The minimum Gasteiger partial charge on any atom is -0.352 e. The van der Waals surface area contributed by atoms with Crippen LogP contribution in [-0.4, -0.2) is 35.9 Å². The molecule has 2 amide bonds. The van der Waals surface area contributed by atoms with Gasteiger partial charge < -0.3 is 10.6 Å². The fraction of sp³-hybridized carbons (Fsp3) is 0.579. The van der Waals surface area contributed by atoms with E-state index in [2.05, 4.69) is 26.6 Å². The molecule has 1 fully saturated rings. The highest BCUT2D eigenvalue weighted by molar-refractivity contribution is 9.10. The van der Waals surface area contributed by atoms with Crippen LogP contribution in [0.4, 0.5) is 0 Å². The number of carbonyl (C=O) groups excluding carboxylic acids is 2. The summed E-state index contributed by atoms with van der Waals surface area (Å²) in [6.07, 6.45) is 9.57. The number of amides is 2. The minimum atomic E-state index is -0.490. The normalized spacial score (nSPS) is 16.7. The van der Waals surface area contributed by atoms with Crippen molar-refractivity contribution in [2.45, 2.75) is 57.0 Å². The van der Waals surface area contributed by atoms with Gasteiger partial charge in [-0.05, 0) is 59.3 Å². The summed E-state index contributed by atoms with van der Waals surface area (Å²) < 4.78 is 0.736. The molecule has 0 aromatic heterocycles. The van der Waals surface area contributed by atoms with Gasteiger partial charge in [-0.2, -0.15) is 11.8 Å². The van der Waals surface area contributed by atoms with Crippen molar-refractivity contribution in [2.24, 2.45) is 0 Å². The number of thioether (sulfide) groups is 1. The molecule has 0 saturated heterocycles. The summed E-state index contributed by atoms with van der Waals surface area (Å²) in [6, 6.07) is 7.03. The molecule has 6 heteroatoms. The standard InChI is InChI=1S/C19H27BrN2O2S/c1-25-13-12-17(19(24)21-14-8-4-2-3-5-9-14)22-18(23)15-10-6-7-11-16(15)20/h6-7,10-11,14,17H,2-5,8-9,12-13H2,1H3,(H,21,24)(H,22,23). The van der Waals surface area contributed by atoms with Crippen molar-refractivity contribution in [1.29, 1.82) is 0 Å². The predicted octanol–water partition coefficient (Wildman–Crippen LogP) is 4.14. The summed E-state index contributed by atoms with van der Waals surface area (Å²) in [7, 11) is 0. The lowest BCUT2D eigenvalue weighted by Crippen LogP contribution is -2.49. The van der Waals surface area contributed by atoms with E-state index in [4.69, 9.17) is 0 Å². The van der Waals surface area contributed by atoms with Gasteiger partial charge in [0, 0.05) is 10.5 Å². The lowest BCUT2D eigenvalue weighted by molar-refractivity contribution is -0.123. The van der Waals surface area contributed by atoms with E-state index >= 15 is 0 Å². The maximum absolute atomic E-state index is 12.7. The lowest BCUT2D eigenvalue weighted by Gasteiger charge is -2.22. The van der Waals surface area contributed by atoms with Gasteiger partial charge >= 0.3 is 0 Å².